The van der Waals surface area contributed by atoms with Crippen LogP contribution in [0.5, 0.6) is 0 Å². The largest absolute Gasteiger partial charge is 0.0619 e. The van der Waals surface area contributed by atoms with Crippen LogP contribution >= 0.6 is 15.9 Å². The Hall–Kier alpha value is -0.300. The summed E-state index contributed by atoms with van der Waals surface area (Å²) in [7, 11) is 0. The van der Waals surface area contributed by atoms with Crippen molar-refractivity contribution < 1.29 is 0 Å². The Balaban J connectivity index is 1.83. The lowest BCUT2D eigenvalue weighted by atomic mass is 9.99. The van der Waals surface area contributed by atoms with Crippen molar-refractivity contribution in [2.45, 2.75) is 32.1 Å². The molecule has 0 saturated heterocycles. The fourth-order valence-electron chi connectivity index (χ4n) is 2.65. The zero-order chi connectivity index (χ0) is 9.76. The highest BCUT2D eigenvalue weighted by atomic mass is 79.9. The molecule has 2 aliphatic rings. The first-order valence-electron chi connectivity index (χ1n) is 5.45. The number of rotatable bonds is 2. The summed E-state index contributed by atoms with van der Waals surface area (Å²) in [5, 5.41) is 0. The van der Waals surface area contributed by atoms with Crippen molar-refractivity contribution in [3.8, 4) is 0 Å². The molecule has 0 nitrogen and oxygen atoms in total. The van der Waals surface area contributed by atoms with Crippen molar-refractivity contribution in [2.75, 3.05) is 0 Å². The first kappa shape index (κ1) is 8.96. The predicted molar refractivity (Wildman–Crippen MR) is 62.3 cm³/mol. The molecule has 2 fully saturated rings. The van der Waals surface area contributed by atoms with Gasteiger partial charge < -0.3 is 0 Å². The van der Waals surface area contributed by atoms with Crippen molar-refractivity contribution in [3.05, 3.63) is 34.3 Å². The average molecular weight is 251 g/mol. The van der Waals surface area contributed by atoms with Crippen LogP contribution in [0.15, 0.2) is 28.7 Å². The van der Waals surface area contributed by atoms with Crippen molar-refractivity contribution in [2.24, 2.45) is 11.3 Å². The normalized spacial score (nSPS) is 32.7. The SMILES string of the molecule is CC1(C2CC2c2ccccc2Br)CC1. The van der Waals surface area contributed by atoms with Crippen LogP contribution in [0.1, 0.15) is 37.7 Å². The van der Waals surface area contributed by atoms with Gasteiger partial charge in [-0.05, 0) is 48.1 Å². The van der Waals surface area contributed by atoms with Gasteiger partial charge in [-0.1, -0.05) is 41.1 Å². The molecule has 2 unspecified atom stereocenters. The molecular formula is C13H15Br. The van der Waals surface area contributed by atoms with Crippen LogP contribution in [0.25, 0.3) is 0 Å². The highest BCUT2D eigenvalue weighted by Crippen LogP contribution is 2.67. The van der Waals surface area contributed by atoms with Gasteiger partial charge in [0.05, 0.1) is 0 Å². The summed E-state index contributed by atoms with van der Waals surface area (Å²) < 4.78 is 1.30. The first-order chi connectivity index (χ1) is 6.71. The van der Waals surface area contributed by atoms with Crippen molar-refractivity contribution in [1.29, 1.82) is 0 Å². The van der Waals surface area contributed by atoms with Gasteiger partial charge in [-0.25, -0.2) is 0 Å². The van der Waals surface area contributed by atoms with E-state index in [-0.39, 0.29) is 0 Å². The Morgan fingerprint density at radius 2 is 2.00 bits per heavy atom. The van der Waals surface area contributed by atoms with E-state index in [4.69, 9.17) is 0 Å². The lowest BCUT2D eigenvalue weighted by Gasteiger charge is -2.08. The number of hydrogen-bond acceptors (Lipinski definition) is 0. The standard InChI is InChI=1S/C13H15Br/c1-13(6-7-13)11-8-10(11)9-4-2-3-5-12(9)14/h2-5,10-11H,6-8H2,1H3. The monoisotopic (exact) mass is 250 g/mol. The molecule has 0 heterocycles. The predicted octanol–water partition coefficient (Wildman–Crippen LogP) is 4.35. The van der Waals surface area contributed by atoms with Gasteiger partial charge in [-0.3, -0.25) is 0 Å². The number of halogens is 1. The Labute approximate surface area is 93.8 Å². The van der Waals surface area contributed by atoms with Crippen molar-refractivity contribution >= 4 is 15.9 Å². The third kappa shape index (κ3) is 1.33. The second-order valence-corrected chi connectivity index (χ2v) is 5.98. The van der Waals surface area contributed by atoms with E-state index in [1.807, 2.05) is 0 Å². The summed E-state index contributed by atoms with van der Waals surface area (Å²) in [6.45, 7) is 2.45. The van der Waals surface area contributed by atoms with Crippen LogP contribution in [0, 0.1) is 11.3 Å². The summed E-state index contributed by atoms with van der Waals surface area (Å²) in [6.07, 6.45) is 4.33. The highest BCUT2D eigenvalue weighted by molar-refractivity contribution is 9.10. The molecule has 74 valence electrons. The zero-order valence-corrected chi connectivity index (χ0v) is 10.0. The smallest absolute Gasteiger partial charge is 0.0210 e. The van der Waals surface area contributed by atoms with Crippen LogP contribution in [0.4, 0.5) is 0 Å². The molecule has 0 radical (unpaired) electrons. The van der Waals surface area contributed by atoms with Crippen molar-refractivity contribution in [1.82, 2.24) is 0 Å². The maximum atomic E-state index is 3.65. The maximum Gasteiger partial charge on any atom is 0.0210 e. The van der Waals surface area contributed by atoms with Crippen LogP contribution in [0.2, 0.25) is 0 Å². The Morgan fingerprint density at radius 1 is 1.29 bits per heavy atom. The van der Waals surface area contributed by atoms with Gasteiger partial charge in [-0.2, -0.15) is 0 Å². The van der Waals surface area contributed by atoms with E-state index in [1.165, 1.54) is 29.3 Å². The Morgan fingerprint density at radius 3 is 2.64 bits per heavy atom. The molecule has 14 heavy (non-hydrogen) atoms. The molecule has 1 aromatic rings. The van der Waals surface area contributed by atoms with Crippen LogP contribution in [0.3, 0.4) is 0 Å². The van der Waals surface area contributed by atoms with Gasteiger partial charge in [-0.15, -0.1) is 0 Å². The first-order valence-corrected chi connectivity index (χ1v) is 6.24. The van der Waals surface area contributed by atoms with E-state index in [1.54, 1.807) is 0 Å². The molecule has 0 aromatic heterocycles. The summed E-state index contributed by atoms with van der Waals surface area (Å²) in [5.74, 6) is 1.82. The topological polar surface area (TPSA) is 0 Å². The zero-order valence-electron chi connectivity index (χ0n) is 8.46. The summed E-state index contributed by atoms with van der Waals surface area (Å²) >= 11 is 3.65. The molecule has 0 N–H and O–H groups in total. The van der Waals surface area contributed by atoms with Gasteiger partial charge in [0.15, 0.2) is 0 Å². The van der Waals surface area contributed by atoms with E-state index < -0.39 is 0 Å². The summed E-state index contributed by atoms with van der Waals surface area (Å²) in [6, 6.07) is 8.70. The van der Waals surface area contributed by atoms with E-state index >= 15 is 0 Å². The second-order valence-electron chi connectivity index (χ2n) is 5.12. The molecule has 3 rings (SSSR count). The second kappa shape index (κ2) is 2.85. The van der Waals surface area contributed by atoms with Crippen molar-refractivity contribution in [3.63, 3.8) is 0 Å². The third-order valence-electron chi connectivity index (χ3n) is 4.03. The minimum absolute atomic E-state index is 0.708. The van der Waals surface area contributed by atoms with Crippen LogP contribution in [-0.4, -0.2) is 0 Å². The Bertz CT molecular complexity index is 365. The quantitative estimate of drug-likeness (QED) is 0.732. The Kier molecular flexibility index (Phi) is 1.82. The van der Waals surface area contributed by atoms with E-state index in [2.05, 4.69) is 47.1 Å². The van der Waals surface area contributed by atoms with E-state index in [9.17, 15) is 0 Å². The van der Waals surface area contributed by atoms with Gasteiger partial charge in [0, 0.05) is 4.47 Å². The van der Waals surface area contributed by atoms with Crippen LogP contribution < -0.4 is 0 Å². The number of benzene rings is 1. The highest BCUT2D eigenvalue weighted by Gasteiger charge is 2.56. The molecule has 0 aliphatic heterocycles. The summed E-state index contributed by atoms with van der Waals surface area (Å²) in [5.41, 5.74) is 2.24. The fraction of sp³-hybridized carbons (Fsp3) is 0.538. The molecule has 1 aromatic carbocycles. The summed E-state index contributed by atoms with van der Waals surface area (Å²) in [4.78, 5) is 0. The van der Waals surface area contributed by atoms with Gasteiger partial charge >= 0.3 is 0 Å². The molecule has 0 bridgehead atoms. The fourth-order valence-corrected chi connectivity index (χ4v) is 3.23. The maximum absolute atomic E-state index is 3.65. The molecule has 1 heteroatoms. The molecule has 0 amide bonds. The average Bonchev–Trinajstić information content (AvgIpc) is 3.01. The molecular weight excluding hydrogens is 236 g/mol. The molecule has 2 saturated carbocycles. The lowest BCUT2D eigenvalue weighted by molar-refractivity contribution is 0.479. The molecule has 2 aliphatic carbocycles. The third-order valence-corrected chi connectivity index (χ3v) is 4.75. The van der Waals surface area contributed by atoms with Gasteiger partial charge in [0.2, 0.25) is 0 Å². The number of hydrogen-bond donors (Lipinski definition) is 0. The van der Waals surface area contributed by atoms with Crippen LogP contribution in [-0.2, 0) is 0 Å². The molecule has 0 spiro atoms. The minimum atomic E-state index is 0.708. The lowest BCUT2D eigenvalue weighted by Crippen LogP contribution is -1.97. The van der Waals surface area contributed by atoms with Gasteiger partial charge in [0.1, 0.15) is 0 Å². The van der Waals surface area contributed by atoms with E-state index in [0.29, 0.717) is 5.41 Å². The minimum Gasteiger partial charge on any atom is -0.0619 e. The van der Waals surface area contributed by atoms with Gasteiger partial charge in [0.25, 0.3) is 0 Å². The van der Waals surface area contributed by atoms with E-state index in [0.717, 1.165) is 11.8 Å². The molecule has 2 atom stereocenters.